The fourth-order valence-electron chi connectivity index (χ4n) is 1.56. The van der Waals surface area contributed by atoms with Gasteiger partial charge in [0.05, 0.1) is 6.17 Å². The summed E-state index contributed by atoms with van der Waals surface area (Å²) in [6.45, 7) is 12.5. The molecule has 80 valence electrons. The maximum absolute atomic E-state index is 3.53. The van der Waals surface area contributed by atoms with Crippen LogP contribution < -0.4 is 5.32 Å². The van der Waals surface area contributed by atoms with Gasteiger partial charge in [0, 0.05) is 0 Å². The molecule has 0 radical (unpaired) electrons. The van der Waals surface area contributed by atoms with Gasteiger partial charge in [-0.25, -0.2) is 0 Å². The Morgan fingerprint density at radius 2 is 1.54 bits per heavy atom. The Morgan fingerprint density at radius 3 is 1.92 bits per heavy atom. The first-order chi connectivity index (χ1) is 6.26. The van der Waals surface area contributed by atoms with Crippen molar-refractivity contribution < 1.29 is 0 Å². The van der Waals surface area contributed by atoms with Crippen molar-refractivity contribution in [2.45, 2.75) is 53.1 Å². The average Bonchev–Trinajstić information content (AvgIpc) is 2.14. The Balaban J connectivity index is 3.72. The van der Waals surface area contributed by atoms with Crippen LogP contribution in [0, 0.1) is 0 Å². The van der Waals surface area contributed by atoms with E-state index in [0.717, 1.165) is 6.54 Å². The minimum Gasteiger partial charge on any atom is -0.302 e. The van der Waals surface area contributed by atoms with Crippen LogP contribution in [0.15, 0.2) is 0 Å². The van der Waals surface area contributed by atoms with Gasteiger partial charge in [0.25, 0.3) is 0 Å². The molecule has 0 fully saturated rings. The summed E-state index contributed by atoms with van der Waals surface area (Å²) >= 11 is 0. The smallest absolute Gasteiger partial charge is 0.0567 e. The van der Waals surface area contributed by atoms with Crippen molar-refractivity contribution in [3.63, 3.8) is 0 Å². The molecule has 2 nitrogen and oxygen atoms in total. The van der Waals surface area contributed by atoms with E-state index < -0.39 is 0 Å². The maximum atomic E-state index is 3.53. The predicted molar refractivity (Wildman–Crippen MR) is 59.9 cm³/mol. The van der Waals surface area contributed by atoms with Gasteiger partial charge < -0.3 is 5.32 Å². The zero-order chi connectivity index (χ0) is 10.1. The third kappa shape index (κ3) is 6.05. The fourth-order valence-corrected chi connectivity index (χ4v) is 1.56. The third-order valence-corrected chi connectivity index (χ3v) is 2.26. The predicted octanol–water partition coefficient (Wildman–Crippen LogP) is 2.45. The van der Waals surface area contributed by atoms with Gasteiger partial charge in [0.2, 0.25) is 0 Å². The second-order valence-corrected chi connectivity index (χ2v) is 3.67. The van der Waals surface area contributed by atoms with E-state index in [2.05, 4.69) is 37.9 Å². The summed E-state index contributed by atoms with van der Waals surface area (Å²) < 4.78 is 0. The monoisotopic (exact) mass is 186 g/mol. The van der Waals surface area contributed by atoms with Crippen molar-refractivity contribution in [2.75, 3.05) is 19.6 Å². The van der Waals surface area contributed by atoms with Crippen LogP contribution in [0.4, 0.5) is 0 Å². The minimum absolute atomic E-state index is 0.542. The molecule has 13 heavy (non-hydrogen) atoms. The van der Waals surface area contributed by atoms with E-state index in [-0.39, 0.29) is 0 Å². The Morgan fingerprint density at radius 1 is 1.00 bits per heavy atom. The largest absolute Gasteiger partial charge is 0.302 e. The molecule has 0 aliphatic heterocycles. The molecule has 0 aromatic heterocycles. The molecule has 0 aromatic rings. The van der Waals surface area contributed by atoms with E-state index in [1.54, 1.807) is 0 Å². The average molecular weight is 186 g/mol. The highest BCUT2D eigenvalue weighted by atomic mass is 15.3. The standard InChI is InChI=1S/C11H26N2/c1-5-8-12-11(4)13(9-6-2)10-7-3/h11-12H,5-10H2,1-4H3. The van der Waals surface area contributed by atoms with Crippen LogP contribution in [-0.4, -0.2) is 30.7 Å². The molecular weight excluding hydrogens is 160 g/mol. The van der Waals surface area contributed by atoms with Crippen molar-refractivity contribution in [2.24, 2.45) is 0 Å². The van der Waals surface area contributed by atoms with Gasteiger partial charge >= 0.3 is 0 Å². The van der Waals surface area contributed by atoms with Gasteiger partial charge in [-0.05, 0) is 45.8 Å². The number of nitrogens with zero attached hydrogens (tertiary/aromatic N) is 1. The first-order valence-corrected chi connectivity index (χ1v) is 5.73. The lowest BCUT2D eigenvalue weighted by Gasteiger charge is -2.29. The van der Waals surface area contributed by atoms with Gasteiger partial charge in [-0.3, -0.25) is 4.90 Å². The van der Waals surface area contributed by atoms with Gasteiger partial charge in [-0.1, -0.05) is 20.8 Å². The lowest BCUT2D eigenvalue weighted by Crippen LogP contribution is -2.44. The molecule has 1 unspecified atom stereocenters. The summed E-state index contributed by atoms with van der Waals surface area (Å²) in [5.74, 6) is 0. The zero-order valence-corrected chi connectivity index (χ0v) is 9.77. The van der Waals surface area contributed by atoms with Crippen LogP contribution in [0.1, 0.15) is 47.0 Å². The fraction of sp³-hybridized carbons (Fsp3) is 1.00. The van der Waals surface area contributed by atoms with E-state index in [4.69, 9.17) is 0 Å². The van der Waals surface area contributed by atoms with Gasteiger partial charge in [-0.15, -0.1) is 0 Å². The lowest BCUT2D eigenvalue weighted by molar-refractivity contribution is 0.179. The first-order valence-electron chi connectivity index (χ1n) is 5.73. The number of hydrogen-bond donors (Lipinski definition) is 1. The van der Waals surface area contributed by atoms with Crippen molar-refractivity contribution in [3.05, 3.63) is 0 Å². The van der Waals surface area contributed by atoms with E-state index >= 15 is 0 Å². The van der Waals surface area contributed by atoms with Crippen molar-refractivity contribution in [3.8, 4) is 0 Å². The van der Waals surface area contributed by atoms with Crippen LogP contribution >= 0.6 is 0 Å². The number of nitrogens with one attached hydrogen (secondary N) is 1. The Kier molecular flexibility index (Phi) is 8.46. The highest BCUT2D eigenvalue weighted by Gasteiger charge is 2.09. The van der Waals surface area contributed by atoms with Crippen LogP contribution in [0.2, 0.25) is 0 Å². The zero-order valence-electron chi connectivity index (χ0n) is 9.77. The third-order valence-electron chi connectivity index (χ3n) is 2.26. The van der Waals surface area contributed by atoms with E-state index in [9.17, 15) is 0 Å². The second-order valence-electron chi connectivity index (χ2n) is 3.67. The van der Waals surface area contributed by atoms with Crippen molar-refractivity contribution >= 4 is 0 Å². The lowest BCUT2D eigenvalue weighted by atomic mass is 10.3. The second kappa shape index (κ2) is 8.52. The maximum Gasteiger partial charge on any atom is 0.0567 e. The summed E-state index contributed by atoms with van der Waals surface area (Å²) in [4.78, 5) is 2.52. The summed E-state index contributed by atoms with van der Waals surface area (Å²) in [6, 6.07) is 0. The molecule has 0 saturated heterocycles. The van der Waals surface area contributed by atoms with Crippen molar-refractivity contribution in [1.29, 1.82) is 0 Å². The summed E-state index contributed by atoms with van der Waals surface area (Å²) in [5.41, 5.74) is 0. The quantitative estimate of drug-likeness (QED) is 0.586. The van der Waals surface area contributed by atoms with E-state index in [0.29, 0.717) is 6.17 Å². The topological polar surface area (TPSA) is 15.3 Å². The molecule has 0 amide bonds. The van der Waals surface area contributed by atoms with Gasteiger partial charge in [-0.2, -0.15) is 0 Å². The SMILES string of the molecule is CCCNC(C)N(CCC)CCC. The molecule has 0 aliphatic carbocycles. The summed E-state index contributed by atoms with van der Waals surface area (Å²) in [5, 5.41) is 3.53. The molecule has 0 bridgehead atoms. The number of hydrogen-bond acceptors (Lipinski definition) is 2. The number of rotatable bonds is 8. The molecule has 0 rings (SSSR count). The van der Waals surface area contributed by atoms with E-state index in [1.165, 1.54) is 32.4 Å². The Bertz CT molecular complexity index is 98.3. The molecule has 0 heterocycles. The van der Waals surface area contributed by atoms with Gasteiger partial charge in [0.1, 0.15) is 0 Å². The van der Waals surface area contributed by atoms with Gasteiger partial charge in [0.15, 0.2) is 0 Å². The molecule has 0 aliphatic rings. The molecular formula is C11H26N2. The summed E-state index contributed by atoms with van der Waals surface area (Å²) in [6.07, 6.45) is 4.26. The molecule has 1 atom stereocenters. The highest BCUT2D eigenvalue weighted by Crippen LogP contribution is 1.99. The molecule has 2 heteroatoms. The Hall–Kier alpha value is -0.0800. The van der Waals surface area contributed by atoms with Crippen LogP contribution in [0.25, 0.3) is 0 Å². The molecule has 0 saturated carbocycles. The summed E-state index contributed by atoms with van der Waals surface area (Å²) in [7, 11) is 0. The van der Waals surface area contributed by atoms with Crippen LogP contribution in [-0.2, 0) is 0 Å². The Labute approximate surface area is 83.7 Å². The molecule has 0 aromatic carbocycles. The van der Waals surface area contributed by atoms with Crippen molar-refractivity contribution in [1.82, 2.24) is 10.2 Å². The first kappa shape index (κ1) is 12.9. The molecule has 1 N–H and O–H groups in total. The van der Waals surface area contributed by atoms with Crippen LogP contribution in [0.3, 0.4) is 0 Å². The minimum atomic E-state index is 0.542. The van der Waals surface area contributed by atoms with E-state index in [1.807, 2.05) is 0 Å². The normalized spacial score (nSPS) is 13.6. The highest BCUT2D eigenvalue weighted by molar-refractivity contribution is 4.63. The molecule has 0 spiro atoms. The van der Waals surface area contributed by atoms with Crippen LogP contribution in [0.5, 0.6) is 0 Å².